The van der Waals surface area contributed by atoms with Gasteiger partial charge >= 0.3 is 0 Å². The lowest BCUT2D eigenvalue weighted by Gasteiger charge is -2.27. The van der Waals surface area contributed by atoms with Gasteiger partial charge in [-0.15, -0.1) is 0 Å². The molecule has 0 saturated carbocycles. The molecule has 3 heterocycles. The predicted octanol–water partition coefficient (Wildman–Crippen LogP) is 9.78. The third-order valence-electron chi connectivity index (χ3n) is 10.9. The predicted molar refractivity (Wildman–Crippen MR) is 226 cm³/mol. The summed E-state index contributed by atoms with van der Waals surface area (Å²) >= 11 is 0. The van der Waals surface area contributed by atoms with Crippen LogP contribution in [0.2, 0.25) is 0 Å². The Hall–Kier alpha value is -6.71. The van der Waals surface area contributed by atoms with Gasteiger partial charge in [-0.25, -0.2) is 0 Å². The van der Waals surface area contributed by atoms with E-state index in [1.807, 2.05) is 6.07 Å². The summed E-state index contributed by atoms with van der Waals surface area (Å²) in [5, 5.41) is 4.85. The van der Waals surface area contributed by atoms with Gasteiger partial charge in [0, 0.05) is 61.0 Å². The van der Waals surface area contributed by atoms with E-state index >= 15 is 0 Å². The second-order valence-electron chi connectivity index (χ2n) is 13.8. The van der Waals surface area contributed by atoms with Crippen molar-refractivity contribution in [1.82, 2.24) is 9.13 Å². The molecule has 10 aromatic rings. The zero-order valence-electron chi connectivity index (χ0n) is 28.8. The van der Waals surface area contributed by atoms with E-state index in [2.05, 4.69) is 197 Å². The standard InChI is InChI=1S/C48H30B2N3/c49-40-21-11-19-38-36-17-7-9-23-42(36)52(47(38)40)44-29-32(30-45-46(44)50-41-22-12-20-39-37-18-8-10-24-43(37)53(45)48(39)41)31-25-27-35(28-26-31)51(33-13-3-1-4-14-33)34-15-5-2-6-16-34/h1-30H. The maximum absolute atomic E-state index is 6.88. The van der Waals surface area contributed by atoms with Gasteiger partial charge in [-0.05, 0) is 77.3 Å². The fraction of sp³-hybridized carbons (Fsp3) is 0. The van der Waals surface area contributed by atoms with Crippen LogP contribution in [0.1, 0.15) is 0 Å². The Balaban J connectivity index is 1.19. The van der Waals surface area contributed by atoms with Crippen LogP contribution in [-0.4, -0.2) is 24.3 Å². The van der Waals surface area contributed by atoms with Crippen LogP contribution >= 0.6 is 0 Å². The van der Waals surface area contributed by atoms with Crippen molar-refractivity contribution in [3.05, 3.63) is 182 Å². The van der Waals surface area contributed by atoms with Gasteiger partial charge in [0.25, 0.3) is 0 Å². The summed E-state index contributed by atoms with van der Waals surface area (Å²) in [7, 11) is 9.25. The summed E-state index contributed by atoms with van der Waals surface area (Å²) in [4.78, 5) is 2.30. The molecule has 243 valence electrons. The summed E-state index contributed by atoms with van der Waals surface area (Å²) in [6.45, 7) is 0. The van der Waals surface area contributed by atoms with Crippen molar-refractivity contribution < 1.29 is 0 Å². The minimum atomic E-state index is 0.758. The van der Waals surface area contributed by atoms with Crippen LogP contribution in [0.15, 0.2) is 182 Å². The van der Waals surface area contributed by atoms with Gasteiger partial charge in [0.1, 0.15) is 7.85 Å². The number of nitrogens with zero attached hydrogens (tertiary/aromatic N) is 3. The highest BCUT2D eigenvalue weighted by Gasteiger charge is 2.28. The molecule has 0 aliphatic carbocycles. The molecule has 3 radical (unpaired) electrons. The highest BCUT2D eigenvalue weighted by atomic mass is 15.1. The van der Waals surface area contributed by atoms with E-state index in [0.29, 0.717) is 0 Å². The maximum Gasteiger partial charge on any atom is 0.199 e. The number of aromatic nitrogens is 2. The van der Waals surface area contributed by atoms with Gasteiger partial charge < -0.3 is 14.0 Å². The van der Waals surface area contributed by atoms with Crippen molar-refractivity contribution in [2.75, 3.05) is 4.90 Å². The SMILES string of the molecule is [B]c1cccc2c3ccccc3n(-c3cc(-c4ccc(N(c5ccccc5)c5ccccc5)cc4)cc4c3[B]c3cccc5c6ccccc6n-4c35)c12. The molecule has 5 heteroatoms. The summed E-state index contributed by atoms with van der Waals surface area (Å²) < 4.78 is 4.86. The Morgan fingerprint density at radius 2 is 0.906 bits per heavy atom. The molecule has 0 atom stereocenters. The molecule has 1 aliphatic heterocycles. The molecular weight excluding hydrogens is 640 g/mol. The van der Waals surface area contributed by atoms with Crippen LogP contribution < -0.4 is 21.3 Å². The van der Waals surface area contributed by atoms with Gasteiger partial charge in [-0.1, -0.05) is 132 Å². The molecule has 1 aliphatic rings. The highest BCUT2D eigenvalue weighted by Crippen LogP contribution is 2.39. The first-order valence-corrected chi connectivity index (χ1v) is 18.1. The first-order chi connectivity index (χ1) is 26.2. The molecule has 0 bridgehead atoms. The highest BCUT2D eigenvalue weighted by molar-refractivity contribution is 6.73. The van der Waals surface area contributed by atoms with Gasteiger partial charge in [-0.3, -0.25) is 0 Å². The van der Waals surface area contributed by atoms with Crippen LogP contribution in [0.3, 0.4) is 0 Å². The van der Waals surface area contributed by atoms with E-state index < -0.39 is 0 Å². The average molecular weight is 670 g/mol. The second-order valence-corrected chi connectivity index (χ2v) is 13.8. The molecule has 0 fully saturated rings. The molecule has 53 heavy (non-hydrogen) atoms. The normalized spacial score (nSPS) is 12.0. The van der Waals surface area contributed by atoms with E-state index in [0.717, 1.165) is 66.9 Å². The van der Waals surface area contributed by atoms with Gasteiger partial charge in [0.05, 0.1) is 11.0 Å². The summed E-state index contributed by atoms with van der Waals surface area (Å²) in [5.41, 5.74) is 15.6. The van der Waals surface area contributed by atoms with Crippen molar-refractivity contribution in [3.8, 4) is 22.5 Å². The number of hydrogen-bond donors (Lipinski definition) is 0. The zero-order valence-corrected chi connectivity index (χ0v) is 28.8. The largest absolute Gasteiger partial charge is 0.311 e. The summed E-state index contributed by atoms with van der Waals surface area (Å²) in [6.07, 6.45) is 0. The van der Waals surface area contributed by atoms with Crippen LogP contribution in [-0.2, 0) is 0 Å². The van der Waals surface area contributed by atoms with Crippen molar-refractivity contribution in [2.24, 2.45) is 0 Å². The summed E-state index contributed by atoms with van der Waals surface area (Å²) in [5.74, 6) is 0. The Labute approximate surface area is 309 Å². The van der Waals surface area contributed by atoms with Gasteiger partial charge in [0.2, 0.25) is 0 Å². The first-order valence-electron chi connectivity index (χ1n) is 18.1. The first kappa shape index (κ1) is 30.0. The number of hydrogen-bond acceptors (Lipinski definition) is 1. The van der Waals surface area contributed by atoms with E-state index in [1.165, 1.54) is 32.7 Å². The molecule has 3 nitrogen and oxygen atoms in total. The van der Waals surface area contributed by atoms with Gasteiger partial charge in [0.15, 0.2) is 7.28 Å². The molecule has 0 N–H and O–H groups in total. The van der Waals surface area contributed by atoms with Crippen LogP contribution in [0, 0.1) is 0 Å². The Morgan fingerprint density at radius 3 is 1.53 bits per heavy atom. The third kappa shape index (κ3) is 4.50. The Kier molecular flexibility index (Phi) is 6.59. The number of anilines is 3. The topological polar surface area (TPSA) is 13.1 Å². The maximum atomic E-state index is 6.88. The lowest BCUT2D eigenvalue weighted by molar-refractivity contribution is 1.15. The van der Waals surface area contributed by atoms with Crippen molar-refractivity contribution in [1.29, 1.82) is 0 Å². The Bertz CT molecular complexity index is 2990. The van der Waals surface area contributed by atoms with E-state index in [-0.39, 0.29) is 0 Å². The molecule has 8 aromatic carbocycles. The minimum absolute atomic E-state index is 0.758. The smallest absolute Gasteiger partial charge is 0.199 e. The molecule has 0 spiro atoms. The molecular formula is C48H30B2N3. The zero-order chi connectivity index (χ0) is 35.0. The lowest BCUT2D eigenvalue weighted by Crippen LogP contribution is -2.38. The fourth-order valence-electron chi connectivity index (χ4n) is 8.57. The molecule has 2 aromatic heterocycles. The number of fused-ring (bicyclic) bond motifs is 8. The van der Waals surface area contributed by atoms with Crippen molar-refractivity contribution >= 4 is 92.2 Å². The van der Waals surface area contributed by atoms with Crippen molar-refractivity contribution in [3.63, 3.8) is 0 Å². The van der Waals surface area contributed by atoms with Crippen LogP contribution in [0.4, 0.5) is 17.1 Å². The molecule has 11 rings (SSSR count). The Morgan fingerprint density at radius 1 is 0.415 bits per heavy atom. The van der Waals surface area contributed by atoms with Crippen molar-refractivity contribution in [2.45, 2.75) is 0 Å². The molecule has 0 saturated heterocycles. The average Bonchev–Trinajstić information content (AvgIpc) is 3.74. The van der Waals surface area contributed by atoms with Crippen LogP contribution in [0.25, 0.3) is 66.1 Å². The quantitative estimate of drug-likeness (QED) is 0.166. The van der Waals surface area contributed by atoms with E-state index in [1.54, 1.807) is 0 Å². The third-order valence-corrected chi connectivity index (χ3v) is 10.9. The van der Waals surface area contributed by atoms with E-state index in [9.17, 15) is 0 Å². The fourth-order valence-corrected chi connectivity index (χ4v) is 8.57. The number of benzene rings is 8. The minimum Gasteiger partial charge on any atom is -0.311 e. The number of rotatable bonds is 5. The van der Waals surface area contributed by atoms with Crippen LogP contribution in [0.5, 0.6) is 0 Å². The second kappa shape index (κ2) is 11.7. The molecule has 0 unspecified atom stereocenters. The number of para-hydroxylation sites is 6. The van der Waals surface area contributed by atoms with Gasteiger partial charge in [-0.2, -0.15) is 0 Å². The summed E-state index contributed by atoms with van der Waals surface area (Å²) in [6, 6.07) is 65.2. The molecule has 0 amide bonds. The van der Waals surface area contributed by atoms with E-state index in [4.69, 9.17) is 7.85 Å². The lowest BCUT2D eigenvalue weighted by atomic mass is 9.60. The monoisotopic (exact) mass is 670 g/mol.